The Bertz CT molecular complexity index is 1510. The second kappa shape index (κ2) is 11.7. The van der Waals surface area contributed by atoms with Gasteiger partial charge < -0.3 is 14.2 Å². The first-order valence-corrected chi connectivity index (χ1v) is 15.2. The molecule has 1 fully saturated rings. The largest absolute Gasteiger partial charge is 0.456 e. The minimum Gasteiger partial charge on any atom is -0.456 e. The lowest BCUT2D eigenvalue weighted by molar-refractivity contribution is 0.00703. The molecule has 5 heteroatoms. The lowest BCUT2D eigenvalue weighted by Gasteiger charge is -2.39. The summed E-state index contributed by atoms with van der Waals surface area (Å²) in [7, 11) is 0. The van der Waals surface area contributed by atoms with Crippen LogP contribution in [0.15, 0.2) is 66.7 Å². The van der Waals surface area contributed by atoms with Gasteiger partial charge in [-0.05, 0) is 86.4 Å². The molecule has 1 aromatic heterocycles. The SMILES string of the molecule is CCCCc1nc2ccc(N3CCCC(C)(C)C3)cc2n1Cc1ccc(-c2ccccc2)c(C(=O)OC(C)(C)C)c1. The van der Waals surface area contributed by atoms with Crippen LogP contribution in [0, 0.1) is 5.41 Å². The Morgan fingerprint density at radius 1 is 1.02 bits per heavy atom. The number of esters is 1. The van der Waals surface area contributed by atoms with Gasteiger partial charge in [-0.2, -0.15) is 0 Å². The van der Waals surface area contributed by atoms with Crippen LogP contribution in [0.25, 0.3) is 22.2 Å². The van der Waals surface area contributed by atoms with E-state index in [2.05, 4.69) is 60.6 Å². The Hall–Kier alpha value is -3.60. The monoisotopic (exact) mass is 551 g/mol. The van der Waals surface area contributed by atoms with Crippen LogP contribution < -0.4 is 4.90 Å². The third kappa shape index (κ3) is 6.83. The van der Waals surface area contributed by atoms with E-state index in [4.69, 9.17) is 9.72 Å². The molecule has 0 amide bonds. The van der Waals surface area contributed by atoms with Gasteiger partial charge in [0.25, 0.3) is 0 Å². The Balaban J connectivity index is 1.56. The van der Waals surface area contributed by atoms with E-state index < -0.39 is 5.60 Å². The summed E-state index contributed by atoms with van der Waals surface area (Å²) in [6, 6.07) is 23.0. The van der Waals surface area contributed by atoms with Gasteiger partial charge in [0.05, 0.1) is 16.6 Å². The number of fused-ring (bicyclic) bond motifs is 1. The summed E-state index contributed by atoms with van der Waals surface area (Å²) in [5, 5.41) is 0. The summed E-state index contributed by atoms with van der Waals surface area (Å²) in [4.78, 5) is 21.1. The maximum absolute atomic E-state index is 13.5. The van der Waals surface area contributed by atoms with Crippen molar-refractivity contribution in [2.45, 2.75) is 85.8 Å². The van der Waals surface area contributed by atoms with Crippen molar-refractivity contribution >= 4 is 22.7 Å². The Morgan fingerprint density at radius 3 is 2.51 bits per heavy atom. The molecular formula is C36H45N3O2. The van der Waals surface area contributed by atoms with Crippen molar-refractivity contribution in [2.24, 2.45) is 5.41 Å². The van der Waals surface area contributed by atoms with Gasteiger partial charge in [0.1, 0.15) is 11.4 Å². The molecular weight excluding hydrogens is 506 g/mol. The highest BCUT2D eigenvalue weighted by Crippen LogP contribution is 2.34. The second-order valence-corrected chi connectivity index (χ2v) is 13.3. The van der Waals surface area contributed by atoms with Crippen molar-refractivity contribution in [3.05, 3.63) is 83.7 Å². The van der Waals surface area contributed by atoms with Gasteiger partial charge in [-0.25, -0.2) is 9.78 Å². The number of imidazole rings is 1. The van der Waals surface area contributed by atoms with Crippen molar-refractivity contribution in [2.75, 3.05) is 18.0 Å². The van der Waals surface area contributed by atoms with Gasteiger partial charge in [0.2, 0.25) is 0 Å². The molecule has 0 bridgehead atoms. The number of unbranched alkanes of at least 4 members (excludes halogenated alkanes) is 1. The summed E-state index contributed by atoms with van der Waals surface area (Å²) in [5.41, 5.74) is 6.75. The van der Waals surface area contributed by atoms with E-state index in [0.717, 1.165) is 65.9 Å². The van der Waals surface area contributed by atoms with E-state index in [0.29, 0.717) is 17.5 Å². The molecule has 0 aliphatic carbocycles. The molecule has 0 radical (unpaired) electrons. The third-order valence-electron chi connectivity index (χ3n) is 7.96. The van der Waals surface area contributed by atoms with E-state index in [9.17, 15) is 4.79 Å². The zero-order chi connectivity index (χ0) is 29.2. The molecule has 1 saturated heterocycles. The van der Waals surface area contributed by atoms with E-state index in [1.807, 2.05) is 57.2 Å². The summed E-state index contributed by atoms with van der Waals surface area (Å²) < 4.78 is 8.22. The third-order valence-corrected chi connectivity index (χ3v) is 7.96. The maximum Gasteiger partial charge on any atom is 0.339 e. The fraction of sp³-hybridized carbons (Fsp3) is 0.444. The quantitative estimate of drug-likeness (QED) is 0.206. The van der Waals surface area contributed by atoms with Crippen molar-refractivity contribution in [1.82, 2.24) is 9.55 Å². The molecule has 5 nitrogen and oxygen atoms in total. The van der Waals surface area contributed by atoms with Crippen molar-refractivity contribution in [3.63, 3.8) is 0 Å². The average Bonchev–Trinajstić information content (AvgIpc) is 3.27. The van der Waals surface area contributed by atoms with Crippen LogP contribution in [-0.2, 0) is 17.7 Å². The van der Waals surface area contributed by atoms with E-state index in [-0.39, 0.29) is 5.97 Å². The number of carbonyl (C=O) groups is 1. The number of hydrogen-bond acceptors (Lipinski definition) is 4. The molecule has 216 valence electrons. The fourth-order valence-corrected chi connectivity index (χ4v) is 5.95. The molecule has 1 aliphatic rings. The molecule has 2 heterocycles. The number of piperidine rings is 1. The minimum absolute atomic E-state index is 0.296. The number of benzene rings is 3. The number of aryl methyl sites for hydroxylation is 1. The van der Waals surface area contributed by atoms with Crippen LogP contribution in [0.2, 0.25) is 0 Å². The summed E-state index contributed by atoms with van der Waals surface area (Å²) in [5.74, 6) is 0.804. The number of carbonyl (C=O) groups excluding carboxylic acids is 1. The molecule has 1 aliphatic heterocycles. The van der Waals surface area contributed by atoms with Gasteiger partial charge in [-0.1, -0.05) is 69.7 Å². The van der Waals surface area contributed by atoms with E-state index in [1.165, 1.54) is 18.5 Å². The number of rotatable bonds is 8. The number of nitrogens with zero attached hydrogens (tertiary/aromatic N) is 3. The highest BCUT2D eigenvalue weighted by atomic mass is 16.6. The molecule has 3 aromatic carbocycles. The topological polar surface area (TPSA) is 47.4 Å². The molecule has 0 spiro atoms. The summed E-state index contributed by atoms with van der Waals surface area (Å²) in [6.07, 6.45) is 5.62. The molecule has 0 atom stereocenters. The van der Waals surface area contributed by atoms with Crippen LogP contribution in [0.5, 0.6) is 0 Å². The van der Waals surface area contributed by atoms with Gasteiger partial charge in [0, 0.05) is 31.7 Å². The van der Waals surface area contributed by atoms with Crippen LogP contribution in [0.1, 0.15) is 89.0 Å². The van der Waals surface area contributed by atoms with Crippen LogP contribution in [0.4, 0.5) is 5.69 Å². The van der Waals surface area contributed by atoms with Crippen molar-refractivity contribution in [1.29, 1.82) is 0 Å². The molecule has 0 N–H and O–H groups in total. The minimum atomic E-state index is -0.575. The van der Waals surface area contributed by atoms with Gasteiger partial charge in [0.15, 0.2) is 0 Å². The van der Waals surface area contributed by atoms with E-state index >= 15 is 0 Å². The number of aromatic nitrogens is 2. The lowest BCUT2D eigenvalue weighted by atomic mass is 9.84. The molecule has 0 saturated carbocycles. The lowest BCUT2D eigenvalue weighted by Crippen LogP contribution is -2.40. The van der Waals surface area contributed by atoms with Gasteiger partial charge in [-0.3, -0.25) is 0 Å². The zero-order valence-electron chi connectivity index (χ0n) is 25.7. The summed E-state index contributed by atoms with van der Waals surface area (Å²) >= 11 is 0. The number of anilines is 1. The zero-order valence-corrected chi connectivity index (χ0v) is 25.7. The maximum atomic E-state index is 13.5. The van der Waals surface area contributed by atoms with Gasteiger partial charge in [-0.15, -0.1) is 0 Å². The molecule has 41 heavy (non-hydrogen) atoms. The van der Waals surface area contributed by atoms with E-state index in [1.54, 1.807) is 0 Å². The first-order chi connectivity index (χ1) is 19.5. The fourth-order valence-electron chi connectivity index (χ4n) is 5.95. The molecule has 4 aromatic rings. The molecule has 5 rings (SSSR count). The molecule has 0 unspecified atom stereocenters. The predicted molar refractivity (Wildman–Crippen MR) is 170 cm³/mol. The van der Waals surface area contributed by atoms with Crippen LogP contribution in [0.3, 0.4) is 0 Å². The first-order valence-electron chi connectivity index (χ1n) is 15.2. The number of ether oxygens (including phenoxy) is 1. The summed E-state index contributed by atoms with van der Waals surface area (Å²) in [6.45, 7) is 15.5. The highest BCUT2D eigenvalue weighted by Gasteiger charge is 2.27. The Kier molecular flexibility index (Phi) is 8.26. The average molecular weight is 552 g/mol. The van der Waals surface area contributed by atoms with Crippen LogP contribution in [-0.4, -0.2) is 34.2 Å². The number of hydrogen-bond donors (Lipinski definition) is 0. The highest BCUT2D eigenvalue weighted by molar-refractivity contribution is 5.97. The van der Waals surface area contributed by atoms with Crippen LogP contribution >= 0.6 is 0 Å². The second-order valence-electron chi connectivity index (χ2n) is 13.3. The Labute approximate surface area is 245 Å². The smallest absolute Gasteiger partial charge is 0.339 e. The predicted octanol–water partition coefficient (Wildman–Crippen LogP) is 8.68. The Morgan fingerprint density at radius 2 is 1.80 bits per heavy atom. The first kappa shape index (κ1) is 28.9. The van der Waals surface area contributed by atoms with Crippen molar-refractivity contribution in [3.8, 4) is 11.1 Å². The van der Waals surface area contributed by atoms with Crippen molar-refractivity contribution < 1.29 is 9.53 Å². The standard InChI is InChI=1S/C36H45N3O2/c1-7-8-15-33-37-31-19-17-28(38-21-12-20-36(5,6)25-38)23-32(31)39(33)24-26-16-18-29(27-13-10-9-11-14-27)30(22-26)34(40)41-35(2,3)4/h9-11,13-14,16-19,22-23H,7-8,12,15,20-21,24-25H2,1-6H3. The van der Waals surface area contributed by atoms with Gasteiger partial charge >= 0.3 is 5.97 Å². The normalized spacial score (nSPS) is 15.3.